The number of carbonyl (C=O) groups excluding carboxylic acids is 1. The first-order valence-electron chi connectivity index (χ1n) is 6.45. The summed E-state index contributed by atoms with van der Waals surface area (Å²) in [5.41, 5.74) is 0.989. The number of anilines is 1. The van der Waals surface area contributed by atoms with E-state index in [2.05, 4.69) is 11.2 Å². The Hall–Kier alpha value is -2.64. The summed E-state index contributed by atoms with van der Waals surface area (Å²) in [5.74, 6) is 3.24. The first-order chi connectivity index (χ1) is 10.6. The zero-order valence-corrected chi connectivity index (χ0v) is 12.7. The number of benzene rings is 2. The predicted molar refractivity (Wildman–Crippen MR) is 86.7 cm³/mol. The quantitative estimate of drug-likeness (QED) is 0.857. The van der Waals surface area contributed by atoms with Crippen molar-refractivity contribution in [3.8, 4) is 23.8 Å². The standard InChI is InChI=1S/C17H14ClNO3/c1-3-10-22-14-7-4-12(5-8-14)17(20)19-15-11-13(18)6-9-16(15)21-2/h1,4-9,11H,10H2,2H3,(H,19,20). The highest BCUT2D eigenvalue weighted by atomic mass is 35.5. The Kier molecular flexibility index (Phi) is 5.29. The molecule has 0 aliphatic rings. The van der Waals surface area contributed by atoms with Gasteiger partial charge in [-0.15, -0.1) is 6.42 Å². The first-order valence-corrected chi connectivity index (χ1v) is 6.83. The molecule has 0 bridgehead atoms. The largest absolute Gasteiger partial charge is 0.495 e. The predicted octanol–water partition coefficient (Wildman–Crippen LogP) is 3.61. The van der Waals surface area contributed by atoms with Gasteiger partial charge in [0.2, 0.25) is 0 Å². The normalized spacial score (nSPS) is 9.68. The summed E-state index contributed by atoms with van der Waals surface area (Å²) in [5, 5.41) is 3.27. The van der Waals surface area contributed by atoms with Crippen molar-refractivity contribution in [1.82, 2.24) is 0 Å². The highest BCUT2D eigenvalue weighted by Gasteiger charge is 2.10. The second-order valence-electron chi connectivity index (χ2n) is 4.32. The maximum Gasteiger partial charge on any atom is 0.255 e. The summed E-state index contributed by atoms with van der Waals surface area (Å²) in [6.07, 6.45) is 5.12. The van der Waals surface area contributed by atoms with Crippen LogP contribution >= 0.6 is 11.6 Å². The molecule has 0 spiro atoms. The van der Waals surface area contributed by atoms with Gasteiger partial charge in [-0.1, -0.05) is 17.5 Å². The summed E-state index contributed by atoms with van der Waals surface area (Å²) in [4.78, 5) is 12.2. The maximum atomic E-state index is 12.2. The Bertz CT molecular complexity index is 705. The van der Waals surface area contributed by atoms with Crippen LogP contribution in [0, 0.1) is 12.3 Å². The van der Waals surface area contributed by atoms with E-state index in [0.29, 0.717) is 27.8 Å². The van der Waals surface area contributed by atoms with Crippen LogP contribution in [0.3, 0.4) is 0 Å². The van der Waals surface area contributed by atoms with Crippen LogP contribution in [0.1, 0.15) is 10.4 Å². The van der Waals surface area contributed by atoms with Gasteiger partial charge in [0.15, 0.2) is 0 Å². The Morgan fingerprint density at radius 3 is 2.64 bits per heavy atom. The summed E-state index contributed by atoms with van der Waals surface area (Å²) < 4.78 is 10.4. The number of hydrogen-bond donors (Lipinski definition) is 1. The number of methoxy groups -OCH3 is 1. The molecule has 0 atom stereocenters. The van der Waals surface area contributed by atoms with Crippen LogP contribution in [0.15, 0.2) is 42.5 Å². The van der Waals surface area contributed by atoms with Crippen molar-refractivity contribution >= 4 is 23.2 Å². The molecule has 0 saturated carbocycles. The number of nitrogens with one attached hydrogen (secondary N) is 1. The molecule has 0 unspecified atom stereocenters. The van der Waals surface area contributed by atoms with Crippen LogP contribution in [0.25, 0.3) is 0 Å². The monoisotopic (exact) mass is 315 g/mol. The molecule has 1 N–H and O–H groups in total. The van der Waals surface area contributed by atoms with Crippen LogP contribution in [0.2, 0.25) is 5.02 Å². The third kappa shape index (κ3) is 3.94. The van der Waals surface area contributed by atoms with Gasteiger partial charge in [-0.3, -0.25) is 4.79 Å². The van der Waals surface area contributed by atoms with Gasteiger partial charge in [-0.05, 0) is 42.5 Å². The maximum absolute atomic E-state index is 12.2. The topological polar surface area (TPSA) is 47.6 Å². The molecule has 0 aliphatic carbocycles. The van der Waals surface area contributed by atoms with E-state index in [1.54, 1.807) is 42.5 Å². The van der Waals surface area contributed by atoms with E-state index in [-0.39, 0.29) is 12.5 Å². The SMILES string of the molecule is C#CCOc1ccc(C(=O)Nc2cc(Cl)ccc2OC)cc1. The summed E-state index contributed by atoms with van der Waals surface area (Å²) >= 11 is 5.93. The van der Waals surface area contributed by atoms with Gasteiger partial charge in [0, 0.05) is 10.6 Å². The average Bonchev–Trinajstić information content (AvgIpc) is 2.53. The minimum Gasteiger partial charge on any atom is -0.495 e. The molecule has 0 saturated heterocycles. The lowest BCUT2D eigenvalue weighted by atomic mass is 10.2. The smallest absolute Gasteiger partial charge is 0.255 e. The van der Waals surface area contributed by atoms with Crippen LogP contribution in [0.5, 0.6) is 11.5 Å². The van der Waals surface area contributed by atoms with Crippen molar-refractivity contribution in [1.29, 1.82) is 0 Å². The Morgan fingerprint density at radius 1 is 1.27 bits per heavy atom. The molecular weight excluding hydrogens is 302 g/mol. The second kappa shape index (κ2) is 7.39. The van der Waals surface area contributed by atoms with Gasteiger partial charge in [-0.25, -0.2) is 0 Å². The Balaban J connectivity index is 2.12. The highest BCUT2D eigenvalue weighted by molar-refractivity contribution is 6.31. The number of halogens is 1. The highest BCUT2D eigenvalue weighted by Crippen LogP contribution is 2.28. The van der Waals surface area contributed by atoms with E-state index >= 15 is 0 Å². The number of amides is 1. The fraction of sp³-hybridized carbons (Fsp3) is 0.118. The molecule has 4 nitrogen and oxygen atoms in total. The van der Waals surface area contributed by atoms with Crippen LogP contribution < -0.4 is 14.8 Å². The van der Waals surface area contributed by atoms with E-state index < -0.39 is 0 Å². The number of terminal acetylenes is 1. The van der Waals surface area contributed by atoms with Crippen LogP contribution in [-0.4, -0.2) is 19.6 Å². The van der Waals surface area contributed by atoms with Gasteiger partial charge in [0.1, 0.15) is 18.1 Å². The molecule has 2 aromatic carbocycles. The lowest BCUT2D eigenvalue weighted by molar-refractivity contribution is 0.102. The average molecular weight is 316 g/mol. The third-order valence-corrected chi connectivity index (χ3v) is 3.08. The summed E-state index contributed by atoms with van der Waals surface area (Å²) in [6.45, 7) is 0.186. The fourth-order valence-corrected chi connectivity index (χ4v) is 1.97. The van der Waals surface area contributed by atoms with Crippen LogP contribution in [0.4, 0.5) is 5.69 Å². The molecule has 2 aromatic rings. The van der Waals surface area contributed by atoms with Crippen molar-refractivity contribution in [2.24, 2.45) is 0 Å². The van der Waals surface area contributed by atoms with E-state index in [0.717, 1.165) is 0 Å². The lowest BCUT2D eigenvalue weighted by Gasteiger charge is -2.11. The molecule has 0 heterocycles. The van der Waals surface area contributed by atoms with E-state index in [1.165, 1.54) is 7.11 Å². The van der Waals surface area contributed by atoms with Crippen LogP contribution in [-0.2, 0) is 0 Å². The zero-order valence-electron chi connectivity index (χ0n) is 11.9. The third-order valence-electron chi connectivity index (χ3n) is 2.85. The first kappa shape index (κ1) is 15.7. The number of hydrogen-bond acceptors (Lipinski definition) is 3. The molecule has 0 aromatic heterocycles. The van der Waals surface area contributed by atoms with E-state index in [9.17, 15) is 4.79 Å². The summed E-state index contributed by atoms with van der Waals surface area (Å²) in [6, 6.07) is 11.7. The molecule has 0 fully saturated rings. The molecule has 22 heavy (non-hydrogen) atoms. The van der Waals surface area contributed by atoms with Crippen molar-refractivity contribution in [3.63, 3.8) is 0 Å². The van der Waals surface area contributed by atoms with Gasteiger partial charge in [0.25, 0.3) is 5.91 Å². The van der Waals surface area contributed by atoms with Gasteiger partial charge in [0.05, 0.1) is 12.8 Å². The number of ether oxygens (including phenoxy) is 2. The molecular formula is C17H14ClNO3. The molecule has 5 heteroatoms. The Morgan fingerprint density at radius 2 is 2.00 bits per heavy atom. The second-order valence-corrected chi connectivity index (χ2v) is 4.75. The molecule has 1 amide bonds. The molecule has 112 valence electrons. The molecule has 0 radical (unpaired) electrons. The van der Waals surface area contributed by atoms with Gasteiger partial charge < -0.3 is 14.8 Å². The van der Waals surface area contributed by atoms with Crippen molar-refractivity contribution in [2.75, 3.05) is 19.0 Å². The minimum atomic E-state index is -0.274. The van der Waals surface area contributed by atoms with Crippen molar-refractivity contribution in [2.45, 2.75) is 0 Å². The van der Waals surface area contributed by atoms with E-state index in [1.807, 2.05) is 0 Å². The molecule has 2 rings (SSSR count). The zero-order chi connectivity index (χ0) is 15.9. The summed E-state index contributed by atoms with van der Waals surface area (Å²) in [7, 11) is 1.52. The Labute approximate surface area is 134 Å². The minimum absolute atomic E-state index is 0.186. The van der Waals surface area contributed by atoms with E-state index in [4.69, 9.17) is 27.5 Å². The number of rotatable bonds is 5. The van der Waals surface area contributed by atoms with Gasteiger partial charge in [-0.2, -0.15) is 0 Å². The number of carbonyl (C=O) groups is 1. The molecule has 0 aliphatic heterocycles. The van der Waals surface area contributed by atoms with Crippen molar-refractivity contribution < 1.29 is 14.3 Å². The van der Waals surface area contributed by atoms with Gasteiger partial charge >= 0.3 is 0 Å². The van der Waals surface area contributed by atoms with Crippen molar-refractivity contribution in [3.05, 3.63) is 53.1 Å². The lowest BCUT2D eigenvalue weighted by Crippen LogP contribution is -2.12. The fourth-order valence-electron chi connectivity index (χ4n) is 1.80.